The standard InChI is InChI=1S/C23H21FN2O3/c1-16-8-10-17(11-9-16)21-13-19(29-25-21)15-26(23(27)22-7-4-12-28-22)14-18-5-2-3-6-20(18)24/h2-12,19H,13-15H2,1H3. The fraction of sp³-hybridized carbons (Fsp3) is 0.217. The fourth-order valence-electron chi connectivity index (χ4n) is 3.30. The normalized spacial score (nSPS) is 15.7. The molecule has 29 heavy (non-hydrogen) atoms. The molecule has 0 fully saturated rings. The highest BCUT2D eigenvalue weighted by molar-refractivity contribution is 6.01. The van der Waals surface area contributed by atoms with Gasteiger partial charge in [-0.2, -0.15) is 0 Å². The number of carbonyl (C=O) groups excluding carboxylic acids is 1. The summed E-state index contributed by atoms with van der Waals surface area (Å²) in [7, 11) is 0. The summed E-state index contributed by atoms with van der Waals surface area (Å²) in [6.07, 6.45) is 1.71. The highest BCUT2D eigenvalue weighted by atomic mass is 19.1. The molecule has 5 nitrogen and oxygen atoms in total. The molecule has 0 bridgehead atoms. The van der Waals surface area contributed by atoms with E-state index in [1.807, 2.05) is 31.2 Å². The number of oxime groups is 1. The number of aryl methyl sites for hydroxylation is 1. The maximum Gasteiger partial charge on any atom is 0.289 e. The number of amides is 1. The zero-order valence-electron chi connectivity index (χ0n) is 16.0. The predicted octanol–water partition coefficient (Wildman–Crippen LogP) is 4.56. The quantitative estimate of drug-likeness (QED) is 0.618. The Morgan fingerprint density at radius 3 is 2.66 bits per heavy atom. The molecule has 6 heteroatoms. The van der Waals surface area contributed by atoms with Gasteiger partial charge in [0.05, 0.1) is 18.5 Å². The van der Waals surface area contributed by atoms with Gasteiger partial charge in [0.25, 0.3) is 5.91 Å². The molecule has 2 aromatic carbocycles. The van der Waals surface area contributed by atoms with Crippen LogP contribution >= 0.6 is 0 Å². The zero-order chi connectivity index (χ0) is 20.2. The van der Waals surface area contributed by atoms with Crippen LogP contribution in [-0.4, -0.2) is 29.2 Å². The van der Waals surface area contributed by atoms with Gasteiger partial charge in [0.2, 0.25) is 0 Å². The lowest BCUT2D eigenvalue weighted by Gasteiger charge is -2.24. The van der Waals surface area contributed by atoms with Crippen LogP contribution in [0.5, 0.6) is 0 Å². The molecule has 1 amide bonds. The van der Waals surface area contributed by atoms with Crippen molar-refractivity contribution in [1.29, 1.82) is 0 Å². The van der Waals surface area contributed by atoms with Crippen LogP contribution in [0.15, 0.2) is 76.5 Å². The van der Waals surface area contributed by atoms with Crippen molar-refractivity contribution < 1.29 is 18.4 Å². The fourth-order valence-corrected chi connectivity index (χ4v) is 3.30. The van der Waals surface area contributed by atoms with Crippen LogP contribution in [-0.2, 0) is 11.4 Å². The maximum absolute atomic E-state index is 14.2. The monoisotopic (exact) mass is 392 g/mol. The van der Waals surface area contributed by atoms with Crippen molar-refractivity contribution in [1.82, 2.24) is 4.90 Å². The van der Waals surface area contributed by atoms with Crippen LogP contribution in [0.3, 0.4) is 0 Å². The molecule has 4 rings (SSSR count). The molecule has 1 aliphatic rings. The average Bonchev–Trinajstić information content (AvgIpc) is 3.41. The molecule has 148 valence electrons. The van der Waals surface area contributed by atoms with E-state index in [1.54, 1.807) is 30.3 Å². The molecule has 1 atom stereocenters. The van der Waals surface area contributed by atoms with E-state index < -0.39 is 0 Å². The third-order valence-electron chi connectivity index (χ3n) is 4.88. The van der Waals surface area contributed by atoms with Gasteiger partial charge in [0.15, 0.2) is 11.9 Å². The lowest BCUT2D eigenvalue weighted by molar-refractivity contribution is 0.0385. The van der Waals surface area contributed by atoms with Crippen LogP contribution in [0.1, 0.15) is 33.7 Å². The van der Waals surface area contributed by atoms with Crippen molar-refractivity contribution in [3.63, 3.8) is 0 Å². The molecular formula is C23H21FN2O3. The zero-order valence-corrected chi connectivity index (χ0v) is 16.0. The highest BCUT2D eigenvalue weighted by Gasteiger charge is 2.28. The van der Waals surface area contributed by atoms with E-state index in [9.17, 15) is 9.18 Å². The second-order valence-electron chi connectivity index (χ2n) is 7.09. The Kier molecular flexibility index (Phi) is 5.42. The number of furan rings is 1. The lowest BCUT2D eigenvalue weighted by atomic mass is 10.0. The molecule has 3 aromatic rings. The summed E-state index contributed by atoms with van der Waals surface area (Å²) in [6.45, 7) is 2.42. The molecule has 1 aliphatic heterocycles. The van der Waals surface area contributed by atoms with Gasteiger partial charge in [0.1, 0.15) is 5.82 Å². The topological polar surface area (TPSA) is 55.0 Å². The van der Waals surface area contributed by atoms with Crippen molar-refractivity contribution in [2.75, 3.05) is 6.54 Å². The Morgan fingerprint density at radius 1 is 1.14 bits per heavy atom. The SMILES string of the molecule is Cc1ccc(C2=NOC(CN(Cc3ccccc3F)C(=O)c3ccco3)C2)cc1. The minimum atomic E-state index is -0.353. The highest BCUT2D eigenvalue weighted by Crippen LogP contribution is 2.21. The summed E-state index contributed by atoms with van der Waals surface area (Å²) in [6, 6.07) is 17.7. The van der Waals surface area contributed by atoms with Gasteiger partial charge in [-0.25, -0.2) is 4.39 Å². The smallest absolute Gasteiger partial charge is 0.289 e. The first-order chi connectivity index (χ1) is 14.1. The van der Waals surface area contributed by atoms with Gasteiger partial charge in [-0.3, -0.25) is 4.79 Å². The Balaban J connectivity index is 1.49. The molecule has 2 heterocycles. The molecule has 0 saturated carbocycles. The number of rotatable bonds is 6. The number of nitrogens with zero attached hydrogens (tertiary/aromatic N) is 2. The van der Waals surface area contributed by atoms with E-state index in [1.165, 1.54) is 22.8 Å². The summed E-state index contributed by atoms with van der Waals surface area (Å²) < 4.78 is 19.4. The van der Waals surface area contributed by atoms with Crippen molar-refractivity contribution in [3.05, 3.63) is 95.2 Å². The first kappa shape index (κ1) is 18.9. The van der Waals surface area contributed by atoms with Crippen molar-refractivity contribution in [2.45, 2.75) is 26.0 Å². The van der Waals surface area contributed by atoms with Crippen LogP contribution in [0.25, 0.3) is 0 Å². The minimum Gasteiger partial charge on any atom is -0.459 e. The van der Waals surface area contributed by atoms with E-state index in [0.29, 0.717) is 12.0 Å². The van der Waals surface area contributed by atoms with E-state index in [4.69, 9.17) is 9.25 Å². The molecule has 1 aromatic heterocycles. The van der Waals surface area contributed by atoms with Crippen LogP contribution < -0.4 is 0 Å². The Labute approximate surface area is 168 Å². The van der Waals surface area contributed by atoms with Crippen molar-refractivity contribution in [3.8, 4) is 0 Å². The van der Waals surface area contributed by atoms with E-state index >= 15 is 0 Å². The van der Waals surface area contributed by atoms with Gasteiger partial charge < -0.3 is 14.2 Å². The third kappa shape index (κ3) is 4.37. The summed E-state index contributed by atoms with van der Waals surface area (Å²) in [5.41, 5.74) is 3.44. The van der Waals surface area contributed by atoms with Crippen LogP contribution in [0.2, 0.25) is 0 Å². The van der Waals surface area contributed by atoms with E-state index in [0.717, 1.165) is 11.3 Å². The second-order valence-corrected chi connectivity index (χ2v) is 7.09. The number of halogens is 1. The van der Waals surface area contributed by atoms with Crippen molar-refractivity contribution in [2.24, 2.45) is 5.16 Å². The number of hydrogen-bond acceptors (Lipinski definition) is 4. The molecule has 0 radical (unpaired) electrons. The first-order valence-electron chi connectivity index (χ1n) is 9.46. The largest absolute Gasteiger partial charge is 0.459 e. The summed E-state index contributed by atoms with van der Waals surface area (Å²) in [4.78, 5) is 20.0. The average molecular weight is 392 g/mol. The third-order valence-corrected chi connectivity index (χ3v) is 4.88. The molecule has 0 spiro atoms. The molecule has 0 N–H and O–H groups in total. The van der Waals surface area contributed by atoms with Crippen LogP contribution in [0.4, 0.5) is 4.39 Å². The Morgan fingerprint density at radius 2 is 1.93 bits per heavy atom. The van der Waals surface area contributed by atoms with Crippen LogP contribution in [0, 0.1) is 12.7 Å². The van der Waals surface area contributed by atoms with E-state index in [-0.39, 0.29) is 36.7 Å². The molecule has 1 unspecified atom stereocenters. The second kappa shape index (κ2) is 8.31. The minimum absolute atomic E-state index is 0.117. The molecule has 0 saturated heterocycles. The summed E-state index contributed by atoms with van der Waals surface area (Å²) in [5.74, 6) is -0.460. The van der Waals surface area contributed by atoms with Gasteiger partial charge in [-0.15, -0.1) is 0 Å². The molecular weight excluding hydrogens is 371 g/mol. The number of benzene rings is 2. The summed E-state index contributed by atoms with van der Waals surface area (Å²) in [5, 5.41) is 4.20. The van der Waals surface area contributed by atoms with Gasteiger partial charge >= 0.3 is 0 Å². The first-order valence-corrected chi connectivity index (χ1v) is 9.46. The van der Waals surface area contributed by atoms with Gasteiger partial charge in [-0.1, -0.05) is 53.2 Å². The lowest BCUT2D eigenvalue weighted by Crippen LogP contribution is -2.37. The Bertz CT molecular complexity index is 1010. The summed E-state index contributed by atoms with van der Waals surface area (Å²) >= 11 is 0. The van der Waals surface area contributed by atoms with Gasteiger partial charge in [0, 0.05) is 18.5 Å². The van der Waals surface area contributed by atoms with E-state index in [2.05, 4.69) is 5.16 Å². The predicted molar refractivity (Wildman–Crippen MR) is 107 cm³/mol. The maximum atomic E-state index is 14.2. The number of hydrogen-bond donors (Lipinski definition) is 0. The van der Waals surface area contributed by atoms with Crippen molar-refractivity contribution >= 4 is 11.6 Å². The molecule has 0 aliphatic carbocycles. The van der Waals surface area contributed by atoms with Gasteiger partial charge in [-0.05, 0) is 30.7 Å². The Hall–Kier alpha value is -3.41. The number of carbonyl (C=O) groups is 1.